The van der Waals surface area contributed by atoms with Crippen LogP contribution in [0.25, 0.3) is 0 Å². The average Bonchev–Trinajstić information content (AvgIpc) is 2.36. The van der Waals surface area contributed by atoms with Crippen molar-refractivity contribution in [3.63, 3.8) is 0 Å². The SMILES string of the molecule is COCc1ccccc1NC(=O)CC1(CN)CCC1. The predicted molar refractivity (Wildman–Crippen MR) is 75.7 cm³/mol. The zero-order valence-electron chi connectivity index (χ0n) is 11.4. The Morgan fingerprint density at radius 1 is 1.42 bits per heavy atom. The molecular formula is C15H22N2O2. The van der Waals surface area contributed by atoms with Crippen molar-refractivity contribution in [1.82, 2.24) is 0 Å². The van der Waals surface area contributed by atoms with Crippen LogP contribution in [0.5, 0.6) is 0 Å². The summed E-state index contributed by atoms with van der Waals surface area (Å²) >= 11 is 0. The second-order valence-corrected chi connectivity index (χ2v) is 5.37. The number of carbonyl (C=O) groups excluding carboxylic acids is 1. The molecule has 0 atom stereocenters. The molecule has 0 aliphatic heterocycles. The minimum Gasteiger partial charge on any atom is -0.380 e. The number of amides is 1. The Balaban J connectivity index is 1.98. The second-order valence-electron chi connectivity index (χ2n) is 5.37. The molecule has 0 saturated heterocycles. The van der Waals surface area contributed by atoms with E-state index in [-0.39, 0.29) is 11.3 Å². The van der Waals surface area contributed by atoms with E-state index in [0.29, 0.717) is 19.6 Å². The number of anilines is 1. The van der Waals surface area contributed by atoms with Crippen LogP contribution in [0.15, 0.2) is 24.3 Å². The minimum atomic E-state index is 0.0419. The highest BCUT2D eigenvalue weighted by molar-refractivity contribution is 5.92. The first kappa shape index (κ1) is 14.0. The molecule has 1 amide bonds. The molecule has 1 aliphatic rings. The fraction of sp³-hybridized carbons (Fsp3) is 0.533. The third kappa shape index (κ3) is 3.33. The number of para-hydroxylation sites is 1. The van der Waals surface area contributed by atoms with Gasteiger partial charge < -0.3 is 15.8 Å². The molecule has 4 nitrogen and oxygen atoms in total. The van der Waals surface area contributed by atoms with Gasteiger partial charge in [-0.25, -0.2) is 0 Å². The Kier molecular flexibility index (Phi) is 4.56. The standard InChI is InChI=1S/C15H22N2O2/c1-19-10-12-5-2-3-6-13(12)17-14(18)9-15(11-16)7-4-8-15/h2-3,5-6H,4,7-11,16H2,1H3,(H,17,18). The predicted octanol–water partition coefficient (Wildman–Crippen LogP) is 2.29. The van der Waals surface area contributed by atoms with Gasteiger partial charge in [-0.2, -0.15) is 0 Å². The summed E-state index contributed by atoms with van der Waals surface area (Å²) in [6.45, 7) is 1.10. The van der Waals surface area contributed by atoms with Crippen molar-refractivity contribution < 1.29 is 9.53 Å². The van der Waals surface area contributed by atoms with E-state index in [1.807, 2.05) is 24.3 Å². The Morgan fingerprint density at radius 2 is 2.16 bits per heavy atom. The third-order valence-electron chi connectivity index (χ3n) is 3.97. The number of rotatable bonds is 6. The van der Waals surface area contributed by atoms with Gasteiger partial charge in [0.2, 0.25) is 5.91 Å². The number of hydrogen-bond donors (Lipinski definition) is 2. The molecule has 1 aromatic rings. The first-order valence-corrected chi connectivity index (χ1v) is 6.76. The van der Waals surface area contributed by atoms with Crippen molar-refractivity contribution >= 4 is 11.6 Å². The molecule has 0 aromatic heterocycles. The van der Waals surface area contributed by atoms with Crippen molar-refractivity contribution in [1.29, 1.82) is 0 Å². The number of carbonyl (C=O) groups is 1. The number of ether oxygens (including phenoxy) is 1. The molecule has 0 radical (unpaired) electrons. The van der Waals surface area contributed by atoms with Gasteiger partial charge in [0.25, 0.3) is 0 Å². The van der Waals surface area contributed by atoms with Crippen LogP contribution in [-0.4, -0.2) is 19.6 Å². The highest BCUT2D eigenvalue weighted by Gasteiger charge is 2.37. The van der Waals surface area contributed by atoms with Crippen LogP contribution in [0, 0.1) is 5.41 Å². The summed E-state index contributed by atoms with van der Waals surface area (Å²) in [5.74, 6) is 0.0497. The Hall–Kier alpha value is -1.39. The van der Waals surface area contributed by atoms with E-state index in [4.69, 9.17) is 10.5 Å². The fourth-order valence-corrected chi connectivity index (χ4v) is 2.59. The molecule has 1 aromatic carbocycles. The molecule has 1 fully saturated rings. The lowest BCUT2D eigenvalue weighted by atomic mass is 9.66. The Morgan fingerprint density at radius 3 is 2.74 bits per heavy atom. The molecule has 0 unspecified atom stereocenters. The monoisotopic (exact) mass is 262 g/mol. The van der Waals surface area contributed by atoms with Crippen LogP contribution in [0.1, 0.15) is 31.2 Å². The lowest BCUT2D eigenvalue weighted by molar-refractivity contribution is -0.119. The summed E-state index contributed by atoms with van der Waals surface area (Å²) in [7, 11) is 1.65. The first-order chi connectivity index (χ1) is 9.19. The highest BCUT2D eigenvalue weighted by Crippen LogP contribution is 2.43. The van der Waals surface area contributed by atoms with Crippen LogP contribution in [0.4, 0.5) is 5.69 Å². The number of hydrogen-bond acceptors (Lipinski definition) is 3. The van der Waals surface area contributed by atoms with Crippen LogP contribution in [-0.2, 0) is 16.1 Å². The Labute approximate surface area is 114 Å². The summed E-state index contributed by atoms with van der Waals surface area (Å²) in [4.78, 5) is 12.1. The smallest absolute Gasteiger partial charge is 0.224 e. The topological polar surface area (TPSA) is 64.3 Å². The average molecular weight is 262 g/mol. The molecule has 2 rings (SSSR count). The summed E-state index contributed by atoms with van der Waals surface area (Å²) in [6, 6.07) is 7.72. The lowest BCUT2D eigenvalue weighted by Crippen LogP contribution is -2.40. The minimum absolute atomic E-state index is 0.0419. The molecule has 0 bridgehead atoms. The summed E-state index contributed by atoms with van der Waals surface area (Å²) in [5.41, 5.74) is 7.66. The van der Waals surface area contributed by atoms with Crippen LogP contribution >= 0.6 is 0 Å². The fourth-order valence-electron chi connectivity index (χ4n) is 2.59. The zero-order valence-corrected chi connectivity index (χ0v) is 11.4. The maximum atomic E-state index is 12.1. The molecule has 1 saturated carbocycles. The molecular weight excluding hydrogens is 240 g/mol. The summed E-state index contributed by atoms with van der Waals surface area (Å²) < 4.78 is 5.13. The summed E-state index contributed by atoms with van der Waals surface area (Å²) in [6.07, 6.45) is 3.84. The maximum Gasteiger partial charge on any atom is 0.224 e. The molecule has 0 spiro atoms. The molecule has 19 heavy (non-hydrogen) atoms. The van der Waals surface area contributed by atoms with Crippen molar-refractivity contribution in [2.75, 3.05) is 19.0 Å². The quantitative estimate of drug-likeness (QED) is 0.826. The van der Waals surface area contributed by atoms with Gasteiger partial charge >= 0.3 is 0 Å². The van der Waals surface area contributed by atoms with E-state index in [1.54, 1.807) is 7.11 Å². The van der Waals surface area contributed by atoms with E-state index < -0.39 is 0 Å². The number of methoxy groups -OCH3 is 1. The molecule has 0 heterocycles. The van der Waals surface area contributed by atoms with E-state index in [0.717, 1.165) is 24.1 Å². The largest absolute Gasteiger partial charge is 0.380 e. The molecule has 4 heteroatoms. The van der Waals surface area contributed by atoms with Gasteiger partial charge in [0.15, 0.2) is 0 Å². The van der Waals surface area contributed by atoms with E-state index in [9.17, 15) is 4.79 Å². The van der Waals surface area contributed by atoms with Gasteiger partial charge in [-0.05, 0) is 30.9 Å². The normalized spacial score (nSPS) is 16.7. The number of nitrogens with one attached hydrogen (secondary N) is 1. The van der Waals surface area contributed by atoms with Crippen molar-refractivity contribution in [3.05, 3.63) is 29.8 Å². The third-order valence-corrected chi connectivity index (χ3v) is 3.97. The van der Waals surface area contributed by atoms with Crippen molar-refractivity contribution in [2.24, 2.45) is 11.1 Å². The van der Waals surface area contributed by atoms with E-state index in [2.05, 4.69) is 5.32 Å². The van der Waals surface area contributed by atoms with Crippen LogP contribution in [0.2, 0.25) is 0 Å². The Bertz CT molecular complexity index is 436. The van der Waals surface area contributed by atoms with E-state index >= 15 is 0 Å². The van der Waals surface area contributed by atoms with E-state index in [1.165, 1.54) is 6.42 Å². The van der Waals surface area contributed by atoms with Crippen molar-refractivity contribution in [3.8, 4) is 0 Å². The second kappa shape index (κ2) is 6.17. The molecule has 1 aliphatic carbocycles. The number of nitrogens with two attached hydrogens (primary N) is 1. The molecule has 104 valence electrons. The van der Waals surface area contributed by atoms with Crippen LogP contribution < -0.4 is 11.1 Å². The van der Waals surface area contributed by atoms with Gasteiger partial charge in [0, 0.05) is 24.8 Å². The lowest BCUT2D eigenvalue weighted by Gasteiger charge is -2.40. The van der Waals surface area contributed by atoms with Gasteiger partial charge in [-0.1, -0.05) is 24.6 Å². The van der Waals surface area contributed by atoms with Gasteiger partial charge in [-0.3, -0.25) is 4.79 Å². The first-order valence-electron chi connectivity index (χ1n) is 6.76. The van der Waals surface area contributed by atoms with Crippen LogP contribution in [0.3, 0.4) is 0 Å². The van der Waals surface area contributed by atoms with Gasteiger partial charge in [0.05, 0.1) is 6.61 Å². The summed E-state index contributed by atoms with van der Waals surface area (Å²) in [5, 5.41) is 2.98. The van der Waals surface area contributed by atoms with Gasteiger partial charge in [-0.15, -0.1) is 0 Å². The highest BCUT2D eigenvalue weighted by atomic mass is 16.5. The maximum absolute atomic E-state index is 12.1. The number of benzene rings is 1. The molecule has 3 N–H and O–H groups in total. The van der Waals surface area contributed by atoms with Crippen molar-refractivity contribution in [2.45, 2.75) is 32.3 Å². The zero-order chi connectivity index (χ0) is 13.7. The van der Waals surface area contributed by atoms with Gasteiger partial charge in [0.1, 0.15) is 0 Å².